The summed E-state index contributed by atoms with van der Waals surface area (Å²) in [5.74, 6) is -1.15. The molecule has 0 amide bonds. The number of carbonyl (C=O) groups excluding carboxylic acids is 1. The van der Waals surface area contributed by atoms with E-state index in [4.69, 9.17) is 25.8 Å². The minimum Gasteiger partial charge on any atom is -0.469 e. The normalized spacial score (nSPS) is 26.3. The van der Waals surface area contributed by atoms with E-state index in [2.05, 4.69) is 0 Å². The van der Waals surface area contributed by atoms with Crippen LogP contribution in [0.15, 0.2) is 24.3 Å². The molecule has 4 nitrogen and oxygen atoms in total. The SMILES string of the molecule is COC(=O)C1C(/C=C\C=C\CCl)CCC1(OC)OC. The maximum Gasteiger partial charge on any atom is 0.314 e. The molecule has 0 N–H and O–H groups in total. The van der Waals surface area contributed by atoms with E-state index in [1.165, 1.54) is 7.11 Å². The molecule has 0 aliphatic heterocycles. The zero-order chi connectivity index (χ0) is 14.3. The molecule has 0 aromatic rings. The summed E-state index contributed by atoms with van der Waals surface area (Å²) in [6, 6.07) is 0. The molecule has 1 aliphatic rings. The summed E-state index contributed by atoms with van der Waals surface area (Å²) < 4.78 is 15.8. The highest BCUT2D eigenvalue weighted by molar-refractivity contribution is 6.18. The van der Waals surface area contributed by atoms with Gasteiger partial charge in [0.05, 0.1) is 7.11 Å². The Morgan fingerprint density at radius 3 is 2.53 bits per heavy atom. The summed E-state index contributed by atoms with van der Waals surface area (Å²) in [6.45, 7) is 0. The van der Waals surface area contributed by atoms with E-state index in [1.54, 1.807) is 14.2 Å². The third-order valence-electron chi connectivity index (χ3n) is 3.57. The second kappa shape index (κ2) is 7.68. The van der Waals surface area contributed by atoms with Crippen LogP contribution in [0.2, 0.25) is 0 Å². The van der Waals surface area contributed by atoms with Gasteiger partial charge in [0.25, 0.3) is 0 Å². The molecule has 0 aromatic carbocycles. The molecule has 0 bridgehead atoms. The first-order valence-electron chi connectivity index (χ1n) is 6.22. The summed E-state index contributed by atoms with van der Waals surface area (Å²) in [5, 5.41) is 0. The standard InChI is InChI=1S/C14H21ClO4/c1-17-13(16)12-11(7-5-4-6-10-15)8-9-14(12,18-2)19-3/h4-7,11-12H,8-10H2,1-3H3/b6-4+,7-5-. The quantitative estimate of drug-likeness (QED) is 0.326. The van der Waals surface area contributed by atoms with Crippen molar-refractivity contribution in [2.45, 2.75) is 18.6 Å². The Labute approximate surface area is 119 Å². The number of carbonyl (C=O) groups is 1. The highest BCUT2D eigenvalue weighted by Crippen LogP contribution is 2.44. The molecule has 5 heteroatoms. The molecule has 19 heavy (non-hydrogen) atoms. The van der Waals surface area contributed by atoms with Gasteiger partial charge >= 0.3 is 5.97 Å². The van der Waals surface area contributed by atoms with Crippen molar-refractivity contribution in [1.29, 1.82) is 0 Å². The maximum absolute atomic E-state index is 12.0. The fourth-order valence-corrected chi connectivity index (χ4v) is 2.69. The lowest BCUT2D eigenvalue weighted by Gasteiger charge is -2.32. The molecule has 0 saturated heterocycles. The lowest BCUT2D eigenvalue weighted by molar-refractivity contribution is -0.234. The van der Waals surface area contributed by atoms with E-state index in [9.17, 15) is 4.79 Å². The van der Waals surface area contributed by atoms with Crippen LogP contribution < -0.4 is 0 Å². The van der Waals surface area contributed by atoms with Gasteiger partial charge in [0.1, 0.15) is 5.92 Å². The lowest BCUT2D eigenvalue weighted by atomic mass is 9.92. The minimum absolute atomic E-state index is 0.0346. The summed E-state index contributed by atoms with van der Waals surface area (Å²) >= 11 is 5.55. The number of ether oxygens (including phenoxy) is 3. The van der Waals surface area contributed by atoms with Crippen LogP contribution in [0, 0.1) is 11.8 Å². The van der Waals surface area contributed by atoms with Crippen LogP contribution in [0.1, 0.15) is 12.8 Å². The molecular formula is C14H21ClO4. The maximum atomic E-state index is 12.0. The molecule has 1 saturated carbocycles. The number of halogens is 1. The monoisotopic (exact) mass is 288 g/mol. The van der Waals surface area contributed by atoms with Crippen molar-refractivity contribution in [3.63, 3.8) is 0 Å². The van der Waals surface area contributed by atoms with Crippen LogP contribution in [-0.4, -0.2) is 39.0 Å². The van der Waals surface area contributed by atoms with Crippen molar-refractivity contribution in [3.05, 3.63) is 24.3 Å². The van der Waals surface area contributed by atoms with Crippen LogP contribution >= 0.6 is 11.6 Å². The third-order valence-corrected chi connectivity index (χ3v) is 3.75. The van der Waals surface area contributed by atoms with E-state index in [-0.39, 0.29) is 11.9 Å². The second-order valence-corrected chi connectivity index (χ2v) is 4.70. The fraction of sp³-hybridized carbons (Fsp3) is 0.643. The lowest BCUT2D eigenvalue weighted by Crippen LogP contribution is -2.44. The molecule has 1 aliphatic carbocycles. The minimum atomic E-state index is -0.891. The summed E-state index contributed by atoms with van der Waals surface area (Å²) in [6.07, 6.45) is 9.04. The van der Waals surface area contributed by atoms with Gasteiger partial charge in [-0.05, 0) is 12.3 Å². The van der Waals surface area contributed by atoms with E-state index >= 15 is 0 Å². The van der Waals surface area contributed by atoms with Gasteiger partial charge in [-0.2, -0.15) is 0 Å². The van der Waals surface area contributed by atoms with Gasteiger partial charge in [-0.1, -0.05) is 24.3 Å². The van der Waals surface area contributed by atoms with Gasteiger partial charge in [-0.15, -0.1) is 11.6 Å². The smallest absolute Gasteiger partial charge is 0.314 e. The average molecular weight is 289 g/mol. The Hall–Kier alpha value is -0.840. The third kappa shape index (κ3) is 3.59. The van der Waals surface area contributed by atoms with Crippen molar-refractivity contribution in [2.75, 3.05) is 27.2 Å². The van der Waals surface area contributed by atoms with Gasteiger partial charge < -0.3 is 14.2 Å². The van der Waals surface area contributed by atoms with Crippen molar-refractivity contribution in [2.24, 2.45) is 11.8 Å². The van der Waals surface area contributed by atoms with Gasteiger partial charge in [0.2, 0.25) is 0 Å². The van der Waals surface area contributed by atoms with E-state index in [1.807, 2.05) is 24.3 Å². The van der Waals surface area contributed by atoms with Crippen LogP contribution in [0.3, 0.4) is 0 Å². The highest BCUT2D eigenvalue weighted by atomic mass is 35.5. The van der Waals surface area contributed by atoms with Gasteiger partial charge in [-0.25, -0.2) is 0 Å². The number of esters is 1. The molecule has 0 radical (unpaired) electrons. The Balaban J connectivity index is 2.90. The largest absolute Gasteiger partial charge is 0.469 e. The fourth-order valence-electron chi connectivity index (χ4n) is 2.58. The number of methoxy groups -OCH3 is 3. The zero-order valence-corrected chi connectivity index (χ0v) is 12.4. The van der Waals surface area contributed by atoms with E-state index < -0.39 is 11.7 Å². The topological polar surface area (TPSA) is 44.8 Å². The van der Waals surface area contributed by atoms with Crippen molar-refractivity contribution in [3.8, 4) is 0 Å². The average Bonchev–Trinajstić information content (AvgIpc) is 2.82. The molecule has 0 spiro atoms. The van der Waals surface area contributed by atoms with Crippen molar-refractivity contribution in [1.82, 2.24) is 0 Å². The predicted octanol–water partition coefficient (Wildman–Crippen LogP) is 2.53. The number of allylic oxidation sites excluding steroid dienone is 4. The number of hydrogen-bond donors (Lipinski definition) is 0. The molecular weight excluding hydrogens is 268 g/mol. The Kier molecular flexibility index (Phi) is 6.55. The zero-order valence-electron chi connectivity index (χ0n) is 11.6. The van der Waals surface area contributed by atoms with E-state index in [0.29, 0.717) is 12.3 Å². The van der Waals surface area contributed by atoms with E-state index in [0.717, 1.165) is 6.42 Å². The number of rotatable bonds is 6. The van der Waals surface area contributed by atoms with Crippen molar-refractivity contribution >= 4 is 17.6 Å². The molecule has 0 heterocycles. The molecule has 0 aromatic heterocycles. The first-order chi connectivity index (χ1) is 9.15. The molecule has 1 rings (SSSR count). The second-order valence-electron chi connectivity index (χ2n) is 4.39. The predicted molar refractivity (Wildman–Crippen MR) is 74.0 cm³/mol. The molecule has 1 fully saturated rings. The van der Waals surface area contributed by atoms with Crippen LogP contribution in [-0.2, 0) is 19.0 Å². The summed E-state index contributed by atoms with van der Waals surface area (Å²) in [7, 11) is 4.49. The van der Waals surface area contributed by atoms with Crippen LogP contribution in [0.25, 0.3) is 0 Å². The first-order valence-corrected chi connectivity index (χ1v) is 6.76. The Bertz CT molecular complexity index is 347. The Morgan fingerprint density at radius 2 is 2.00 bits per heavy atom. The number of alkyl halides is 1. The van der Waals surface area contributed by atoms with Gasteiger partial charge in [0.15, 0.2) is 5.79 Å². The van der Waals surface area contributed by atoms with Crippen molar-refractivity contribution < 1.29 is 19.0 Å². The Morgan fingerprint density at radius 1 is 1.32 bits per heavy atom. The highest BCUT2D eigenvalue weighted by Gasteiger charge is 2.53. The van der Waals surface area contributed by atoms with Gasteiger partial charge in [0, 0.05) is 26.5 Å². The molecule has 2 unspecified atom stereocenters. The summed E-state index contributed by atoms with van der Waals surface area (Å²) in [5.41, 5.74) is 0. The molecule has 108 valence electrons. The van der Waals surface area contributed by atoms with Crippen LogP contribution in [0.4, 0.5) is 0 Å². The molecule has 2 atom stereocenters. The van der Waals surface area contributed by atoms with Gasteiger partial charge in [-0.3, -0.25) is 4.79 Å². The van der Waals surface area contributed by atoms with Crippen LogP contribution in [0.5, 0.6) is 0 Å². The summed E-state index contributed by atoms with van der Waals surface area (Å²) in [4.78, 5) is 12.0. The number of hydrogen-bond acceptors (Lipinski definition) is 4. The first kappa shape index (κ1) is 16.2.